The number of carbonyl (C=O) groups is 1. The number of allylic oxidation sites excluding steroid dienone is 1. The standard InChI is InChI=1S/C32H46O6/c1-6-10-18-35-26-22-28(34)31(30(23-26)37-20-12-8-3)27(33)16-14-25-15-17-29(36-19-11-7-2)32(24(25)5)38-21-13-9-4/h14-17,22-23,34H,6-13,18-21H2,1-5H3/b16-14+. The molecule has 0 heterocycles. The first kappa shape index (κ1) is 31.1. The monoisotopic (exact) mass is 526 g/mol. The van der Waals surface area contributed by atoms with Gasteiger partial charge in [0.1, 0.15) is 22.8 Å². The highest BCUT2D eigenvalue weighted by Gasteiger charge is 2.19. The first-order chi connectivity index (χ1) is 18.5. The highest BCUT2D eigenvalue weighted by Crippen LogP contribution is 2.36. The minimum Gasteiger partial charge on any atom is -0.507 e. The largest absolute Gasteiger partial charge is 0.507 e. The third-order valence-electron chi connectivity index (χ3n) is 6.15. The molecule has 2 rings (SSSR count). The van der Waals surface area contributed by atoms with Crippen molar-refractivity contribution in [1.82, 2.24) is 0 Å². The number of ether oxygens (including phenoxy) is 4. The number of aromatic hydroxyl groups is 1. The van der Waals surface area contributed by atoms with E-state index >= 15 is 0 Å². The summed E-state index contributed by atoms with van der Waals surface area (Å²) in [5.41, 5.74) is 1.89. The zero-order chi connectivity index (χ0) is 27.8. The molecule has 0 aliphatic carbocycles. The maximum atomic E-state index is 13.3. The third-order valence-corrected chi connectivity index (χ3v) is 6.15. The van der Waals surface area contributed by atoms with Crippen molar-refractivity contribution in [3.63, 3.8) is 0 Å². The summed E-state index contributed by atoms with van der Waals surface area (Å²) in [6.45, 7) is 12.6. The lowest BCUT2D eigenvalue weighted by Gasteiger charge is -2.17. The zero-order valence-electron chi connectivity index (χ0n) is 23.9. The Bertz CT molecular complexity index is 1030. The molecular formula is C32H46O6. The van der Waals surface area contributed by atoms with E-state index < -0.39 is 0 Å². The summed E-state index contributed by atoms with van der Waals surface area (Å²) in [5.74, 6) is 1.76. The number of hydrogen-bond acceptors (Lipinski definition) is 6. The van der Waals surface area contributed by atoms with Gasteiger partial charge in [0.2, 0.25) is 0 Å². The lowest BCUT2D eigenvalue weighted by atomic mass is 10.0. The van der Waals surface area contributed by atoms with E-state index in [1.54, 1.807) is 12.1 Å². The number of benzene rings is 2. The van der Waals surface area contributed by atoms with Gasteiger partial charge in [0.25, 0.3) is 0 Å². The van der Waals surface area contributed by atoms with Crippen LogP contribution in [0.5, 0.6) is 28.7 Å². The van der Waals surface area contributed by atoms with Gasteiger partial charge in [0, 0.05) is 17.7 Å². The van der Waals surface area contributed by atoms with Gasteiger partial charge >= 0.3 is 0 Å². The van der Waals surface area contributed by atoms with Crippen molar-refractivity contribution in [3.8, 4) is 28.7 Å². The fraction of sp³-hybridized carbons (Fsp3) is 0.531. The number of carbonyl (C=O) groups excluding carboxylic acids is 1. The van der Waals surface area contributed by atoms with Crippen LogP contribution in [0.3, 0.4) is 0 Å². The molecule has 2 aromatic rings. The number of phenolic OH excluding ortho intramolecular Hbond substituents is 1. The summed E-state index contributed by atoms with van der Waals surface area (Å²) in [5, 5.41) is 10.8. The lowest BCUT2D eigenvalue weighted by molar-refractivity contribution is 0.104. The summed E-state index contributed by atoms with van der Waals surface area (Å²) < 4.78 is 23.8. The molecule has 0 aliphatic rings. The molecule has 1 N–H and O–H groups in total. The van der Waals surface area contributed by atoms with Crippen LogP contribution in [0.1, 0.15) is 101 Å². The van der Waals surface area contributed by atoms with Crippen LogP contribution < -0.4 is 18.9 Å². The molecule has 0 atom stereocenters. The number of hydrogen-bond donors (Lipinski definition) is 1. The highest BCUT2D eigenvalue weighted by atomic mass is 16.5. The van der Waals surface area contributed by atoms with E-state index in [1.807, 2.05) is 19.1 Å². The summed E-state index contributed by atoms with van der Waals surface area (Å²) in [6, 6.07) is 7.00. The molecule has 0 aromatic heterocycles. The summed E-state index contributed by atoms with van der Waals surface area (Å²) in [4.78, 5) is 13.3. The molecule has 0 radical (unpaired) electrons. The zero-order valence-corrected chi connectivity index (χ0v) is 23.9. The van der Waals surface area contributed by atoms with E-state index in [0.717, 1.165) is 68.2 Å². The van der Waals surface area contributed by atoms with Crippen LogP contribution in [0.4, 0.5) is 0 Å². The van der Waals surface area contributed by atoms with Crippen molar-refractivity contribution in [2.45, 2.75) is 86.0 Å². The maximum Gasteiger partial charge on any atom is 0.193 e. The molecule has 0 bridgehead atoms. The quantitative estimate of drug-likeness (QED) is 0.113. The Hall–Kier alpha value is -3.15. The van der Waals surface area contributed by atoms with Gasteiger partial charge in [-0.2, -0.15) is 0 Å². The SMILES string of the molecule is CCCCOc1cc(O)c(C(=O)/C=C/c2ccc(OCCCC)c(OCCCC)c2C)c(OCCCC)c1. The first-order valence-corrected chi connectivity index (χ1v) is 14.2. The van der Waals surface area contributed by atoms with Crippen LogP contribution >= 0.6 is 0 Å². The Labute approximate surface area is 229 Å². The Morgan fingerprint density at radius 3 is 1.92 bits per heavy atom. The Morgan fingerprint density at radius 1 is 0.763 bits per heavy atom. The van der Waals surface area contributed by atoms with Gasteiger partial charge in [0.15, 0.2) is 17.3 Å². The Kier molecular flexibility index (Phi) is 14.2. The smallest absolute Gasteiger partial charge is 0.193 e. The third kappa shape index (κ3) is 9.62. The average molecular weight is 527 g/mol. The summed E-state index contributed by atoms with van der Waals surface area (Å²) in [7, 11) is 0. The van der Waals surface area contributed by atoms with E-state index in [4.69, 9.17) is 18.9 Å². The summed E-state index contributed by atoms with van der Waals surface area (Å²) >= 11 is 0. The Balaban J connectivity index is 2.33. The van der Waals surface area contributed by atoms with E-state index in [2.05, 4.69) is 27.7 Å². The Morgan fingerprint density at radius 2 is 1.32 bits per heavy atom. The van der Waals surface area contributed by atoms with Crippen LogP contribution in [0.25, 0.3) is 6.08 Å². The molecule has 38 heavy (non-hydrogen) atoms. The van der Waals surface area contributed by atoms with Crippen molar-refractivity contribution in [2.24, 2.45) is 0 Å². The van der Waals surface area contributed by atoms with Crippen LogP contribution in [-0.4, -0.2) is 37.3 Å². The summed E-state index contributed by atoms with van der Waals surface area (Å²) in [6.07, 6.45) is 10.9. The normalized spacial score (nSPS) is 11.1. The first-order valence-electron chi connectivity index (χ1n) is 14.2. The minimum absolute atomic E-state index is 0.136. The number of unbranched alkanes of at least 4 members (excludes halogenated alkanes) is 4. The van der Waals surface area contributed by atoms with Crippen LogP contribution in [0.2, 0.25) is 0 Å². The van der Waals surface area contributed by atoms with Gasteiger partial charge in [-0.05, 0) is 50.3 Å². The molecule has 6 nitrogen and oxygen atoms in total. The molecule has 0 unspecified atom stereocenters. The van der Waals surface area contributed by atoms with Crippen molar-refractivity contribution in [1.29, 1.82) is 0 Å². The molecular weight excluding hydrogens is 480 g/mol. The van der Waals surface area contributed by atoms with E-state index in [0.29, 0.717) is 43.7 Å². The lowest BCUT2D eigenvalue weighted by Crippen LogP contribution is -2.06. The highest BCUT2D eigenvalue weighted by molar-refractivity contribution is 6.10. The number of rotatable bonds is 19. The molecule has 6 heteroatoms. The predicted octanol–water partition coefficient (Wildman–Crippen LogP) is 8.31. The van der Waals surface area contributed by atoms with Crippen LogP contribution in [0.15, 0.2) is 30.3 Å². The molecule has 0 saturated heterocycles. The number of phenols is 1. The van der Waals surface area contributed by atoms with Gasteiger partial charge in [0.05, 0.1) is 26.4 Å². The van der Waals surface area contributed by atoms with Gasteiger partial charge in [-0.15, -0.1) is 0 Å². The van der Waals surface area contributed by atoms with Crippen molar-refractivity contribution in [2.75, 3.05) is 26.4 Å². The van der Waals surface area contributed by atoms with E-state index in [1.165, 1.54) is 12.1 Å². The minimum atomic E-state index is -0.342. The van der Waals surface area contributed by atoms with E-state index in [9.17, 15) is 9.90 Å². The average Bonchev–Trinajstić information content (AvgIpc) is 2.90. The fourth-order valence-corrected chi connectivity index (χ4v) is 3.73. The van der Waals surface area contributed by atoms with Crippen molar-refractivity contribution in [3.05, 3.63) is 47.0 Å². The van der Waals surface area contributed by atoms with Gasteiger partial charge < -0.3 is 24.1 Å². The fourth-order valence-electron chi connectivity index (χ4n) is 3.73. The van der Waals surface area contributed by atoms with Gasteiger partial charge in [-0.1, -0.05) is 65.5 Å². The molecule has 210 valence electrons. The number of ketones is 1. The molecule has 0 fully saturated rings. The van der Waals surface area contributed by atoms with Crippen LogP contribution in [0, 0.1) is 6.92 Å². The van der Waals surface area contributed by atoms with E-state index in [-0.39, 0.29) is 17.1 Å². The van der Waals surface area contributed by atoms with Crippen molar-refractivity contribution < 1.29 is 28.8 Å². The van der Waals surface area contributed by atoms with Gasteiger partial charge in [-0.3, -0.25) is 4.79 Å². The maximum absolute atomic E-state index is 13.3. The molecule has 2 aromatic carbocycles. The van der Waals surface area contributed by atoms with Crippen molar-refractivity contribution >= 4 is 11.9 Å². The molecule has 0 spiro atoms. The molecule has 0 amide bonds. The van der Waals surface area contributed by atoms with Crippen LogP contribution in [-0.2, 0) is 0 Å². The second-order valence-electron chi connectivity index (χ2n) is 9.43. The topological polar surface area (TPSA) is 74.2 Å². The second kappa shape index (κ2) is 17.4. The molecule has 0 aliphatic heterocycles. The second-order valence-corrected chi connectivity index (χ2v) is 9.43. The van der Waals surface area contributed by atoms with Gasteiger partial charge in [-0.25, -0.2) is 0 Å². The molecule has 0 saturated carbocycles. The predicted molar refractivity (Wildman–Crippen MR) is 154 cm³/mol.